The van der Waals surface area contributed by atoms with Gasteiger partial charge in [-0.2, -0.15) is 0 Å². The number of benzene rings is 1. The summed E-state index contributed by atoms with van der Waals surface area (Å²) in [5.74, 6) is 0.322. The van der Waals surface area contributed by atoms with Crippen molar-refractivity contribution in [3.8, 4) is 0 Å². The minimum Gasteiger partial charge on any atom is -0.373 e. The molecule has 86 valence electrons. The van der Waals surface area contributed by atoms with E-state index in [0.717, 1.165) is 29.8 Å². The Morgan fingerprint density at radius 3 is 3.06 bits per heavy atom. The van der Waals surface area contributed by atoms with E-state index in [1.54, 1.807) is 0 Å². The van der Waals surface area contributed by atoms with Crippen molar-refractivity contribution in [2.24, 2.45) is 0 Å². The second-order valence-corrected chi connectivity index (χ2v) is 4.63. The van der Waals surface area contributed by atoms with Crippen LogP contribution in [-0.4, -0.2) is 11.9 Å². The summed E-state index contributed by atoms with van der Waals surface area (Å²) in [6.45, 7) is 0.540. The minimum absolute atomic E-state index is 0.0974. The zero-order valence-electron chi connectivity index (χ0n) is 9.12. The highest BCUT2D eigenvalue weighted by molar-refractivity contribution is 6.30. The lowest BCUT2D eigenvalue weighted by molar-refractivity contribution is -0.124. The Kier molecular flexibility index (Phi) is 3.97. The van der Waals surface area contributed by atoms with Crippen LogP contribution < -0.4 is 0 Å². The highest BCUT2D eigenvalue weighted by Gasteiger charge is 2.19. The van der Waals surface area contributed by atoms with E-state index in [-0.39, 0.29) is 6.10 Å². The van der Waals surface area contributed by atoms with Gasteiger partial charge in [0.2, 0.25) is 0 Å². The lowest BCUT2D eigenvalue weighted by Gasteiger charge is -2.21. The molecule has 2 nitrogen and oxygen atoms in total. The van der Waals surface area contributed by atoms with Gasteiger partial charge in [0.05, 0.1) is 12.7 Å². The normalized spacial score (nSPS) is 21.1. The third-order valence-electron chi connectivity index (χ3n) is 2.81. The summed E-state index contributed by atoms with van der Waals surface area (Å²) in [7, 11) is 0. The molecule has 0 aliphatic heterocycles. The van der Waals surface area contributed by atoms with Crippen molar-refractivity contribution >= 4 is 17.4 Å². The molecule has 0 radical (unpaired) electrons. The summed E-state index contributed by atoms with van der Waals surface area (Å²) in [5, 5.41) is 0.723. The fraction of sp³-hybridized carbons (Fsp3) is 0.462. The molecule has 1 fully saturated rings. The van der Waals surface area contributed by atoms with Crippen LogP contribution in [0.4, 0.5) is 0 Å². The van der Waals surface area contributed by atoms with E-state index in [0.29, 0.717) is 18.8 Å². The van der Waals surface area contributed by atoms with E-state index in [4.69, 9.17) is 16.3 Å². The molecule has 16 heavy (non-hydrogen) atoms. The molecule has 1 aromatic carbocycles. The van der Waals surface area contributed by atoms with Crippen molar-refractivity contribution in [3.05, 3.63) is 34.9 Å². The van der Waals surface area contributed by atoms with Crippen LogP contribution in [0.5, 0.6) is 0 Å². The van der Waals surface area contributed by atoms with Crippen molar-refractivity contribution in [1.82, 2.24) is 0 Å². The van der Waals surface area contributed by atoms with Crippen molar-refractivity contribution in [2.75, 3.05) is 0 Å². The maximum absolute atomic E-state index is 11.2. The molecular formula is C13H15ClO2. The van der Waals surface area contributed by atoms with E-state index in [9.17, 15) is 4.79 Å². The van der Waals surface area contributed by atoms with Crippen molar-refractivity contribution in [1.29, 1.82) is 0 Å². The zero-order valence-corrected chi connectivity index (χ0v) is 9.87. The molecule has 1 aliphatic carbocycles. The largest absolute Gasteiger partial charge is 0.373 e. The smallest absolute Gasteiger partial charge is 0.135 e. The van der Waals surface area contributed by atoms with Gasteiger partial charge in [-0.05, 0) is 30.5 Å². The summed E-state index contributed by atoms with van der Waals surface area (Å²) in [6.07, 6.45) is 3.34. The van der Waals surface area contributed by atoms with Gasteiger partial charge in [-0.15, -0.1) is 0 Å². The van der Waals surface area contributed by atoms with Gasteiger partial charge in [-0.3, -0.25) is 4.79 Å². The summed E-state index contributed by atoms with van der Waals surface area (Å²) >= 11 is 5.88. The Morgan fingerprint density at radius 2 is 2.31 bits per heavy atom. The standard InChI is InChI=1S/C13H15ClO2/c14-11-4-1-3-10(7-11)9-16-13-6-2-5-12(15)8-13/h1,3-4,7,13H,2,5-6,8-9H2. The monoisotopic (exact) mass is 238 g/mol. The first-order valence-electron chi connectivity index (χ1n) is 5.62. The van der Waals surface area contributed by atoms with Crippen LogP contribution in [0.15, 0.2) is 24.3 Å². The Bertz CT molecular complexity index is 376. The first-order valence-corrected chi connectivity index (χ1v) is 5.99. The Labute approximate surface area is 101 Å². The fourth-order valence-electron chi connectivity index (χ4n) is 1.97. The molecule has 0 aromatic heterocycles. The van der Waals surface area contributed by atoms with Gasteiger partial charge in [0.25, 0.3) is 0 Å². The number of halogens is 1. The number of rotatable bonds is 3. The van der Waals surface area contributed by atoms with E-state index in [1.807, 2.05) is 24.3 Å². The average Bonchev–Trinajstić information content (AvgIpc) is 2.27. The maximum Gasteiger partial charge on any atom is 0.135 e. The van der Waals surface area contributed by atoms with Crippen LogP contribution in [0.3, 0.4) is 0 Å². The van der Waals surface area contributed by atoms with Gasteiger partial charge in [0, 0.05) is 17.9 Å². The number of Topliss-reactive ketones (excluding diaryl/α,β-unsaturated/α-hetero) is 1. The molecule has 0 bridgehead atoms. The van der Waals surface area contributed by atoms with E-state index in [1.165, 1.54) is 0 Å². The Hall–Kier alpha value is -0.860. The lowest BCUT2D eigenvalue weighted by Crippen LogP contribution is -2.22. The molecule has 1 atom stereocenters. The first kappa shape index (κ1) is 11.6. The molecular weight excluding hydrogens is 224 g/mol. The van der Waals surface area contributed by atoms with E-state index in [2.05, 4.69) is 0 Å². The minimum atomic E-state index is 0.0974. The number of ether oxygens (including phenoxy) is 1. The fourth-order valence-corrected chi connectivity index (χ4v) is 2.18. The predicted molar refractivity (Wildman–Crippen MR) is 63.5 cm³/mol. The van der Waals surface area contributed by atoms with Crippen LogP contribution >= 0.6 is 11.6 Å². The molecule has 0 amide bonds. The highest BCUT2D eigenvalue weighted by atomic mass is 35.5. The van der Waals surface area contributed by atoms with Gasteiger partial charge in [0.15, 0.2) is 0 Å². The number of carbonyl (C=O) groups excluding carboxylic acids is 1. The van der Waals surface area contributed by atoms with Crippen LogP contribution in [0, 0.1) is 0 Å². The summed E-state index contributed by atoms with van der Waals surface area (Å²) in [5.41, 5.74) is 1.06. The van der Waals surface area contributed by atoms with E-state index >= 15 is 0 Å². The number of ketones is 1. The highest BCUT2D eigenvalue weighted by Crippen LogP contribution is 2.20. The molecule has 1 aliphatic rings. The van der Waals surface area contributed by atoms with Gasteiger partial charge in [-0.1, -0.05) is 23.7 Å². The zero-order chi connectivity index (χ0) is 11.4. The van der Waals surface area contributed by atoms with Gasteiger partial charge >= 0.3 is 0 Å². The second kappa shape index (κ2) is 5.46. The predicted octanol–water partition coefficient (Wildman–Crippen LogP) is 3.37. The molecule has 1 aromatic rings. The summed E-state index contributed by atoms with van der Waals surface area (Å²) in [4.78, 5) is 11.2. The van der Waals surface area contributed by atoms with Gasteiger partial charge in [0.1, 0.15) is 5.78 Å². The van der Waals surface area contributed by atoms with Gasteiger partial charge in [-0.25, -0.2) is 0 Å². The number of carbonyl (C=O) groups is 1. The molecule has 0 N–H and O–H groups in total. The maximum atomic E-state index is 11.2. The first-order chi connectivity index (χ1) is 7.74. The molecule has 0 spiro atoms. The van der Waals surface area contributed by atoms with Crippen molar-refractivity contribution < 1.29 is 9.53 Å². The molecule has 1 unspecified atom stereocenters. The third kappa shape index (κ3) is 3.32. The van der Waals surface area contributed by atoms with E-state index < -0.39 is 0 Å². The van der Waals surface area contributed by atoms with Crippen LogP contribution in [-0.2, 0) is 16.1 Å². The molecule has 0 heterocycles. The summed E-state index contributed by atoms with van der Waals surface area (Å²) < 4.78 is 5.71. The quantitative estimate of drug-likeness (QED) is 0.807. The van der Waals surface area contributed by atoms with Crippen molar-refractivity contribution in [2.45, 2.75) is 38.4 Å². The number of hydrogen-bond donors (Lipinski definition) is 0. The Morgan fingerprint density at radius 1 is 1.44 bits per heavy atom. The SMILES string of the molecule is O=C1CCCC(OCc2cccc(Cl)c2)C1. The van der Waals surface area contributed by atoms with Gasteiger partial charge < -0.3 is 4.74 Å². The average molecular weight is 239 g/mol. The topological polar surface area (TPSA) is 26.3 Å². The lowest BCUT2D eigenvalue weighted by atomic mass is 9.96. The molecule has 1 saturated carbocycles. The molecule has 2 rings (SSSR count). The summed E-state index contributed by atoms with van der Waals surface area (Å²) in [6, 6.07) is 7.63. The van der Waals surface area contributed by atoms with Crippen molar-refractivity contribution in [3.63, 3.8) is 0 Å². The molecule has 0 saturated heterocycles. The Balaban J connectivity index is 1.85. The second-order valence-electron chi connectivity index (χ2n) is 4.20. The van der Waals surface area contributed by atoms with Crippen LogP contribution in [0.2, 0.25) is 5.02 Å². The number of hydrogen-bond acceptors (Lipinski definition) is 2. The van der Waals surface area contributed by atoms with Crippen LogP contribution in [0.1, 0.15) is 31.2 Å². The van der Waals surface area contributed by atoms with Crippen LogP contribution in [0.25, 0.3) is 0 Å². The third-order valence-corrected chi connectivity index (χ3v) is 3.05. The molecule has 3 heteroatoms.